The summed E-state index contributed by atoms with van der Waals surface area (Å²) in [5, 5.41) is 9.69. The molecule has 0 aliphatic rings. The fourth-order valence-corrected chi connectivity index (χ4v) is 8.66. The molecule has 0 saturated heterocycles. The number of hydrogen-bond acceptors (Lipinski definition) is 3. The lowest BCUT2D eigenvalue weighted by Crippen LogP contribution is -1.97. The Morgan fingerprint density at radius 3 is 1.45 bits per heavy atom. The molecule has 0 unspecified atom stereocenters. The molecule has 9 aromatic carbocycles. The molecule has 2 aromatic heterocycles. The van der Waals surface area contributed by atoms with Crippen molar-refractivity contribution in [1.29, 1.82) is 0 Å². The molecule has 3 nitrogen and oxygen atoms in total. The van der Waals surface area contributed by atoms with Gasteiger partial charge < -0.3 is 0 Å². The number of benzene rings is 9. The molecule has 3 heteroatoms. The zero-order valence-electron chi connectivity index (χ0n) is 31.5. The lowest BCUT2D eigenvalue weighted by molar-refractivity contribution is 1.18. The minimum absolute atomic E-state index is 0.680. The second kappa shape index (κ2) is 14.1. The maximum atomic E-state index is 5.34. The van der Waals surface area contributed by atoms with E-state index < -0.39 is 0 Å². The van der Waals surface area contributed by atoms with Crippen LogP contribution in [0.2, 0.25) is 0 Å². The summed E-state index contributed by atoms with van der Waals surface area (Å²) in [5.41, 5.74) is 11.8. The molecule has 0 N–H and O–H groups in total. The van der Waals surface area contributed by atoms with Crippen LogP contribution >= 0.6 is 0 Å². The van der Waals surface area contributed by atoms with Crippen molar-refractivity contribution in [2.45, 2.75) is 0 Å². The maximum Gasteiger partial charge on any atom is 0.160 e. The topological polar surface area (TPSA) is 38.7 Å². The van der Waals surface area contributed by atoms with Gasteiger partial charge in [-0.1, -0.05) is 182 Å². The van der Waals surface area contributed by atoms with Crippen molar-refractivity contribution in [3.8, 4) is 67.3 Å². The average Bonchev–Trinajstić information content (AvgIpc) is 3.30. The van der Waals surface area contributed by atoms with Gasteiger partial charge in [-0.2, -0.15) is 0 Å². The zero-order chi connectivity index (χ0) is 38.4. The van der Waals surface area contributed by atoms with Crippen molar-refractivity contribution in [2.75, 3.05) is 0 Å². The van der Waals surface area contributed by atoms with Crippen LogP contribution in [0.5, 0.6) is 0 Å². The van der Waals surface area contributed by atoms with E-state index in [1.807, 2.05) is 12.3 Å². The monoisotopic (exact) mass is 737 g/mol. The molecular formula is C55H35N3. The van der Waals surface area contributed by atoms with Crippen molar-refractivity contribution < 1.29 is 0 Å². The van der Waals surface area contributed by atoms with Crippen molar-refractivity contribution >= 4 is 43.1 Å². The van der Waals surface area contributed by atoms with Crippen molar-refractivity contribution in [1.82, 2.24) is 15.0 Å². The molecule has 0 aliphatic heterocycles. The highest BCUT2D eigenvalue weighted by molar-refractivity contribution is 6.23. The van der Waals surface area contributed by atoms with Crippen LogP contribution in [0.1, 0.15) is 0 Å². The average molecular weight is 738 g/mol. The van der Waals surface area contributed by atoms with Gasteiger partial charge in [0.1, 0.15) is 0 Å². The lowest BCUT2D eigenvalue weighted by Gasteiger charge is -2.19. The number of aromatic nitrogens is 3. The lowest BCUT2D eigenvalue weighted by atomic mass is 9.84. The summed E-state index contributed by atoms with van der Waals surface area (Å²) in [6.45, 7) is 0. The number of nitrogens with zero attached hydrogens (tertiary/aromatic N) is 3. The molecule has 0 spiro atoms. The second-order valence-corrected chi connectivity index (χ2v) is 14.8. The second-order valence-electron chi connectivity index (χ2n) is 14.8. The number of pyridine rings is 1. The maximum absolute atomic E-state index is 5.34. The van der Waals surface area contributed by atoms with Gasteiger partial charge in [0, 0.05) is 29.1 Å². The van der Waals surface area contributed by atoms with Crippen LogP contribution in [0.3, 0.4) is 0 Å². The minimum atomic E-state index is 0.680. The van der Waals surface area contributed by atoms with Gasteiger partial charge >= 0.3 is 0 Å². The first kappa shape index (κ1) is 33.6. The van der Waals surface area contributed by atoms with Gasteiger partial charge in [-0.3, -0.25) is 4.98 Å². The smallest absolute Gasteiger partial charge is 0.160 e. The summed E-state index contributed by atoms with van der Waals surface area (Å²) in [4.78, 5) is 15.0. The Hall–Kier alpha value is -7.75. The summed E-state index contributed by atoms with van der Waals surface area (Å²) in [6.07, 6.45) is 3.70. The van der Waals surface area contributed by atoms with E-state index in [1.165, 1.54) is 54.4 Å². The molecule has 0 radical (unpaired) electrons. The molecule has 0 bridgehead atoms. The van der Waals surface area contributed by atoms with Crippen LogP contribution in [0, 0.1) is 0 Å². The molecule has 58 heavy (non-hydrogen) atoms. The third-order valence-electron chi connectivity index (χ3n) is 11.4. The van der Waals surface area contributed by atoms with Gasteiger partial charge in [0.2, 0.25) is 0 Å². The third-order valence-corrected chi connectivity index (χ3v) is 11.4. The first-order valence-corrected chi connectivity index (χ1v) is 19.7. The van der Waals surface area contributed by atoms with Gasteiger partial charge in [-0.15, -0.1) is 0 Å². The molecule has 270 valence electrons. The van der Waals surface area contributed by atoms with E-state index in [-0.39, 0.29) is 0 Å². The van der Waals surface area contributed by atoms with E-state index in [0.717, 1.165) is 50.2 Å². The Balaban J connectivity index is 1.11. The molecule has 0 aliphatic carbocycles. The molecule has 0 amide bonds. The van der Waals surface area contributed by atoms with Crippen molar-refractivity contribution in [3.05, 3.63) is 213 Å². The Kier molecular flexibility index (Phi) is 8.15. The molecule has 0 atom stereocenters. The van der Waals surface area contributed by atoms with Gasteiger partial charge in [0.25, 0.3) is 0 Å². The summed E-state index contributed by atoms with van der Waals surface area (Å²) in [5.74, 6) is 0.680. The highest BCUT2D eigenvalue weighted by Crippen LogP contribution is 2.46. The summed E-state index contributed by atoms with van der Waals surface area (Å²) < 4.78 is 0. The summed E-state index contributed by atoms with van der Waals surface area (Å²) in [6, 6.07) is 71.5. The molecule has 0 fully saturated rings. The molecule has 11 rings (SSSR count). The highest BCUT2D eigenvalue weighted by Gasteiger charge is 2.19. The molecular weight excluding hydrogens is 703 g/mol. The van der Waals surface area contributed by atoms with Gasteiger partial charge in [0.05, 0.1) is 11.4 Å². The van der Waals surface area contributed by atoms with Crippen molar-refractivity contribution in [3.63, 3.8) is 0 Å². The van der Waals surface area contributed by atoms with Crippen LogP contribution in [-0.2, 0) is 0 Å². The highest BCUT2D eigenvalue weighted by atomic mass is 14.9. The predicted molar refractivity (Wildman–Crippen MR) is 242 cm³/mol. The first-order chi connectivity index (χ1) is 28.8. The van der Waals surface area contributed by atoms with E-state index in [1.54, 1.807) is 6.20 Å². The SMILES string of the molecule is c1cncc(-c2ccc(-c3cc(-c4cccc5ccccc45)nc(-c4cccc(-c5c6ccccc6c(-c6cccc7ccccc67)c6ccccc56)c4)n3)cc2)c1. The zero-order valence-corrected chi connectivity index (χ0v) is 31.5. The van der Waals surface area contributed by atoms with Crippen molar-refractivity contribution in [2.24, 2.45) is 0 Å². The fraction of sp³-hybridized carbons (Fsp3) is 0. The molecule has 0 saturated carbocycles. The number of rotatable bonds is 6. The standard InChI is InChI=1S/C55H35N3/c1-3-20-43-37(13-1)15-10-26-45(43)52-34-51(39-30-28-36(29-31-39)42-19-12-32-56-35-42)57-55(58-52)41-18-9-17-40(33-41)53-47-22-5-7-24-49(47)54(50-25-8-6-23-48(50)53)46-27-11-16-38-14-2-4-21-44(38)46/h1-35H. The summed E-state index contributed by atoms with van der Waals surface area (Å²) >= 11 is 0. The van der Waals surface area contributed by atoms with Crippen LogP contribution < -0.4 is 0 Å². The Morgan fingerprint density at radius 1 is 0.293 bits per heavy atom. The van der Waals surface area contributed by atoms with Gasteiger partial charge in [0.15, 0.2) is 5.82 Å². The molecule has 2 heterocycles. The van der Waals surface area contributed by atoms with Crippen LogP contribution in [0.15, 0.2) is 213 Å². The Bertz CT molecular complexity index is 3270. The van der Waals surface area contributed by atoms with E-state index >= 15 is 0 Å². The Labute approximate surface area is 336 Å². The van der Waals surface area contributed by atoms with E-state index in [4.69, 9.17) is 9.97 Å². The van der Waals surface area contributed by atoms with Crippen LogP contribution in [-0.4, -0.2) is 15.0 Å². The van der Waals surface area contributed by atoms with E-state index in [9.17, 15) is 0 Å². The summed E-state index contributed by atoms with van der Waals surface area (Å²) in [7, 11) is 0. The van der Waals surface area contributed by atoms with Crippen LogP contribution in [0.25, 0.3) is 110 Å². The largest absolute Gasteiger partial charge is 0.264 e. The number of fused-ring (bicyclic) bond motifs is 4. The third kappa shape index (κ3) is 5.80. The predicted octanol–water partition coefficient (Wildman–Crippen LogP) is 14.5. The van der Waals surface area contributed by atoms with Gasteiger partial charge in [-0.05, 0) is 94.7 Å². The van der Waals surface area contributed by atoms with E-state index in [0.29, 0.717) is 5.82 Å². The van der Waals surface area contributed by atoms with Crippen LogP contribution in [0.4, 0.5) is 0 Å². The molecule has 11 aromatic rings. The quantitative estimate of drug-likeness (QED) is 0.160. The normalized spacial score (nSPS) is 11.4. The fourth-order valence-electron chi connectivity index (χ4n) is 8.66. The van der Waals surface area contributed by atoms with Gasteiger partial charge in [-0.25, -0.2) is 9.97 Å². The minimum Gasteiger partial charge on any atom is -0.264 e. The number of hydrogen-bond donors (Lipinski definition) is 0. The Morgan fingerprint density at radius 2 is 0.793 bits per heavy atom. The first-order valence-electron chi connectivity index (χ1n) is 19.7. The van der Waals surface area contributed by atoms with E-state index in [2.05, 4.69) is 199 Å².